The Labute approximate surface area is 195 Å². The van der Waals surface area contributed by atoms with Crippen molar-refractivity contribution >= 4 is 34.5 Å². The Hall–Kier alpha value is -3.78. The van der Waals surface area contributed by atoms with Gasteiger partial charge in [-0.2, -0.15) is 5.10 Å². The third-order valence-corrected chi connectivity index (χ3v) is 6.84. The van der Waals surface area contributed by atoms with Crippen LogP contribution >= 0.6 is 11.3 Å². The normalized spacial score (nSPS) is 18.3. The number of aromatic nitrogens is 3. The number of carbonyl (C=O) groups is 2. The van der Waals surface area contributed by atoms with Gasteiger partial charge in [0, 0.05) is 22.7 Å². The molecule has 1 fully saturated rings. The monoisotopic (exact) mass is 457 g/mol. The third kappa shape index (κ3) is 4.29. The summed E-state index contributed by atoms with van der Waals surface area (Å²) in [7, 11) is 0. The molecule has 7 nitrogen and oxygen atoms in total. The molecule has 5 rings (SSSR count). The molecule has 1 N–H and O–H groups in total. The molecule has 33 heavy (non-hydrogen) atoms. The number of nitrogens with one attached hydrogen (secondary N) is 1. The van der Waals surface area contributed by atoms with Crippen LogP contribution in [0.2, 0.25) is 0 Å². The van der Waals surface area contributed by atoms with Crippen molar-refractivity contribution in [2.24, 2.45) is 5.92 Å². The standard InChI is InChI=1S/C25H23N5O2S/c1-17-4-8-20(9-5-17)30-23(31)13-12-21(24(30)22-3-2-14-33-22)25(32)28-18-6-10-19(11-7-18)29-16-26-15-27-29/h2-11,14-16,21,24H,12-13H2,1H3,(H,28,32). The SMILES string of the molecule is Cc1ccc(N2C(=O)CCC(C(=O)Nc3ccc(-n4cncn4)cc3)C2c2cccs2)cc1. The summed E-state index contributed by atoms with van der Waals surface area (Å²) in [5, 5.41) is 9.16. The number of hydrogen-bond donors (Lipinski definition) is 1. The molecule has 0 spiro atoms. The van der Waals surface area contributed by atoms with Gasteiger partial charge in [-0.15, -0.1) is 11.3 Å². The number of amides is 2. The summed E-state index contributed by atoms with van der Waals surface area (Å²) in [6.07, 6.45) is 3.94. The van der Waals surface area contributed by atoms with Crippen LogP contribution in [0.15, 0.2) is 78.7 Å². The van der Waals surface area contributed by atoms with E-state index in [-0.39, 0.29) is 23.8 Å². The molecule has 4 aromatic rings. The first-order chi connectivity index (χ1) is 16.1. The fraction of sp³-hybridized carbons (Fsp3) is 0.200. The number of piperidine rings is 1. The van der Waals surface area contributed by atoms with Gasteiger partial charge in [0.1, 0.15) is 12.7 Å². The minimum atomic E-state index is -0.363. The molecule has 1 saturated heterocycles. The highest BCUT2D eigenvalue weighted by molar-refractivity contribution is 7.10. The number of anilines is 2. The fourth-order valence-corrected chi connectivity index (χ4v) is 5.12. The second kappa shape index (κ2) is 8.99. The first kappa shape index (κ1) is 21.1. The Bertz CT molecular complexity index is 1240. The van der Waals surface area contributed by atoms with Gasteiger partial charge in [0.05, 0.1) is 17.6 Å². The summed E-state index contributed by atoms with van der Waals surface area (Å²) < 4.78 is 1.66. The second-order valence-corrected chi connectivity index (χ2v) is 9.06. The first-order valence-corrected chi connectivity index (χ1v) is 11.7. The number of nitrogens with zero attached hydrogens (tertiary/aromatic N) is 4. The van der Waals surface area contributed by atoms with Gasteiger partial charge in [-0.3, -0.25) is 9.59 Å². The molecular weight excluding hydrogens is 434 g/mol. The summed E-state index contributed by atoms with van der Waals surface area (Å²) in [5.41, 5.74) is 3.50. The summed E-state index contributed by atoms with van der Waals surface area (Å²) >= 11 is 1.57. The lowest BCUT2D eigenvalue weighted by atomic mass is 9.86. The maximum absolute atomic E-state index is 13.5. The Balaban J connectivity index is 1.42. The van der Waals surface area contributed by atoms with E-state index in [4.69, 9.17) is 0 Å². The number of benzene rings is 2. The van der Waals surface area contributed by atoms with E-state index in [9.17, 15) is 9.59 Å². The Morgan fingerprint density at radius 3 is 2.48 bits per heavy atom. The van der Waals surface area contributed by atoms with Crippen LogP contribution in [0, 0.1) is 12.8 Å². The van der Waals surface area contributed by atoms with Gasteiger partial charge in [0.15, 0.2) is 0 Å². The van der Waals surface area contributed by atoms with Crippen LogP contribution in [0.3, 0.4) is 0 Å². The third-order valence-electron chi connectivity index (χ3n) is 5.90. The van der Waals surface area contributed by atoms with Crippen molar-refractivity contribution in [3.8, 4) is 5.69 Å². The molecular formula is C25H23N5O2S. The molecule has 1 aliphatic heterocycles. The molecule has 0 bridgehead atoms. The van der Waals surface area contributed by atoms with E-state index in [1.807, 2.05) is 73.0 Å². The molecule has 3 heterocycles. The highest BCUT2D eigenvalue weighted by Crippen LogP contribution is 2.42. The summed E-state index contributed by atoms with van der Waals surface area (Å²) in [6, 6.07) is 19.0. The van der Waals surface area contributed by atoms with Crippen LogP contribution in [-0.4, -0.2) is 26.6 Å². The van der Waals surface area contributed by atoms with Gasteiger partial charge in [0.25, 0.3) is 0 Å². The molecule has 8 heteroatoms. The molecule has 166 valence electrons. The fourth-order valence-electron chi connectivity index (χ4n) is 4.24. The van der Waals surface area contributed by atoms with Crippen molar-refractivity contribution in [3.05, 3.63) is 89.1 Å². The highest BCUT2D eigenvalue weighted by Gasteiger charge is 2.42. The maximum atomic E-state index is 13.5. The molecule has 0 saturated carbocycles. The number of hydrogen-bond acceptors (Lipinski definition) is 5. The van der Waals surface area contributed by atoms with Crippen molar-refractivity contribution in [1.29, 1.82) is 0 Å². The number of aryl methyl sites for hydroxylation is 1. The minimum absolute atomic E-state index is 0.0403. The topological polar surface area (TPSA) is 80.1 Å². The number of carbonyl (C=O) groups excluding carboxylic acids is 2. The van der Waals surface area contributed by atoms with Gasteiger partial charge < -0.3 is 10.2 Å². The van der Waals surface area contributed by atoms with Crippen LogP contribution in [-0.2, 0) is 9.59 Å². The van der Waals surface area contributed by atoms with E-state index < -0.39 is 0 Å². The van der Waals surface area contributed by atoms with Crippen LogP contribution in [0.4, 0.5) is 11.4 Å². The average Bonchev–Trinajstić information content (AvgIpc) is 3.55. The lowest BCUT2D eigenvalue weighted by Crippen LogP contribution is -2.46. The molecule has 0 radical (unpaired) electrons. The van der Waals surface area contributed by atoms with Gasteiger partial charge in [-0.1, -0.05) is 23.8 Å². The lowest BCUT2D eigenvalue weighted by Gasteiger charge is -2.40. The lowest BCUT2D eigenvalue weighted by molar-refractivity contribution is -0.125. The predicted octanol–water partition coefficient (Wildman–Crippen LogP) is 4.76. The van der Waals surface area contributed by atoms with Crippen molar-refractivity contribution in [2.75, 3.05) is 10.2 Å². The zero-order chi connectivity index (χ0) is 22.8. The van der Waals surface area contributed by atoms with Crippen molar-refractivity contribution in [3.63, 3.8) is 0 Å². The van der Waals surface area contributed by atoms with Crippen molar-refractivity contribution in [1.82, 2.24) is 14.8 Å². The Morgan fingerprint density at radius 1 is 1.06 bits per heavy atom. The smallest absolute Gasteiger partial charge is 0.229 e. The molecule has 0 aliphatic carbocycles. The van der Waals surface area contributed by atoms with Gasteiger partial charge in [-0.25, -0.2) is 9.67 Å². The maximum Gasteiger partial charge on any atom is 0.229 e. The van der Waals surface area contributed by atoms with Gasteiger partial charge >= 0.3 is 0 Å². The molecule has 2 aromatic heterocycles. The molecule has 2 atom stereocenters. The van der Waals surface area contributed by atoms with Crippen LogP contribution < -0.4 is 10.2 Å². The summed E-state index contributed by atoms with van der Waals surface area (Å²) in [6.45, 7) is 2.02. The van der Waals surface area contributed by atoms with E-state index in [1.54, 1.807) is 27.2 Å². The molecule has 1 aliphatic rings. The van der Waals surface area contributed by atoms with Crippen molar-refractivity contribution < 1.29 is 9.59 Å². The van der Waals surface area contributed by atoms with Gasteiger partial charge in [0.2, 0.25) is 11.8 Å². The highest BCUT2D eigenvalue weighted by atomic mass is 32.1. The molecule has 2 amide bonds. The first-order valence-electron chi connectivity index (χ1n) is 10.8. The van der Waals surface area contributed by atoms with E-state index in [1.165, 1.54) is 6.33 Å². The van der Waals surface area contributed by atoms with Crippen LogP contribution in [0.5, 0.6) is 0 Å². The average molecular weight is 458 g/mol. The number of rotatable bonds is 5. The van der Waals surface area contributed by atoms with Gasteiger partial charge in [-0.05, 0) is 61.2 Å². The van der Waals surface area contributed by atoms with E-state index >= 15 is 0 Å². The minimum Gasteiger partial charge on any atom is -0.326 e. The van der Waals surface area contributed by atoms with E-state index in [2.05, 4.69) is 15.4 Å². The zero-order valence-corrected chi connectivity index (χ0v) is 18.9. The summed E-state index contributed by atoms with van der Waals surface area (Å²) in [5.74, 6) is -0.414. The molecule has 2 aromatic carbocycles. The second-order valence-electron chi connectivity index (χ2n) is 8.08. The Kier molecular flexibility index (Phi) is 5.75. The Morgan fingerprint density at radius 2 is 1.82 bits per heavy atom. The number of thiophene rings is 1. The summed E-state index contributed by atoms with van der Waals surface area (Å²) in [4.78, 5) is 33.3. The van der Waals surface area contributed by atoms with E-state index in [0.717, 1.165) is 21.8 Å². The van der Waals surface area contributed by atoms with E-state index in [0.29, 0.717) is 18.5 Å². The quantitative estimate of drug-likeness (QED) is 0.469. The predicted molar refractivity (Wildman–Crippen MR) is 128 cm³/mol. The van der Waals surface area contributed by atoms with Crippen LogP contribution in [0.1, 0.15) is 29.3 Å². The van der Waals surface area contributed by atoms with Crippen molar-refractivity contribution in [2.45, 2.75) is 25.8 Å². The largest absolute Gasteiger partial charge is 0.326 e. The molecule has 2 unspecified atom stereocenters. The zero-order valence-electron chi connectivity index (χ0n) is 18.1. The van der Waals surface area contributed by atoms with Crippen LogP contribution in [0.25, 0.3) is 5.69 Å².